The fourth-order valence-corrected chi connectivity index (χ4v) is 5.20. The molecule has 0 bridgehead atoms. The molecule has 20 heavy (non-hydrogen) atoms. The second-order valence-corrected chi connectivity index (χ2v) is 7.55. The second kappa shape index (κ2) is 6.13. The molecule has 0 aliphatic heterocycles. The van der Waals surface area contributed by atoms with Crippen molar-refractivity contribution >= 4 is 54.9 Å². The van der Waals surface area contributed by atoms with Crippen molar-refractivity contribution in [2.24, 2.45) is 0 Å². The summed E-state index contributed by atoms with van der Waals surface area (Å²) in [7, 11) is 0. The van der Waals surface area contributed by atoms with E-state index >= 15 is 0 Å². The van der Waals surface area contributed by atoms with Crippen molar-refractivity contribution in [3.63, 3.8) is 0 Å². The molecule has 0 unspecified atom stereocenters. The maximum atomic E-state index is 4.63. The van der Waals surface area contributed by atoms with Crippen molar-refractivity contribution in [3.8, 4) is 0 Å². The van der Waals surface area contributed by atoms with E-state index < -0.39 is 0 Å². The molecule has 0 aliphatic carbocycles. The van der Waals surface area contributed by atoms with Crippen LogP contribution in [0.3, 0.4) is 0 Å². The molecular formula is C14H8N2NaS3+. The number of hydrogen-bond donors (Lipinski definition) is 0. The largest absolute Gasteiger partial charge is 1.00 e. The molecule has 0 atom stereocenters. The molecule has 0 saturated heterocycles. The molecule has 0 fully saturated rings. The van der Waals surface area contributed by atoms with Crippen LogP contribution in [0.4, 0.5) is 0 Å². The first-order chi connectivity index (χ1) is 9.38. The van der Waals surface area contributed by atoms with Crippen molar-refractivity contribution in [2.75, 3.05) is 0 Å². The van der Waals surface area contributed by atoms with Crippen molar-refractivity contribution < 1.29 is 29.6 Å². The van der Waals surface area contributed by atoms with E-state index in [2.05, 4.69) is 22.1 Å². The minimum atomic E-state index is 0. The van der Waals surface area contributed by atoms with Gasteiger partial charge < -0.3 is 0 Å². The number of aromatic nitrogens is 2. The predicted octanol–water partition coefficient (Wildman–Crippen LogP) is 2.06. The molecule has 4 rings (SSSR count). The van der Waals surface area contributed by atoms with Gasteiger partial charge in [-0.25, -0.2) is 9.97 Å². The standard InChI is InChI=1S/C14H8N2S3.Na/c1-3-7-11-9(5-1)15-13(17-11)19-14-16-10-6-2-4-8-12(10)18-14;/h1-8H;/q;+1. The summed E-state index contributed by atoms with van der Waals surface area (Å²) in [6.45, 7) is 0. The molecule has 6 heteroatoms. The van der Waals surface area contributed by atoms with Crippen LogP contribution in [0.1, 0.15) is 0 Å². The normalized spacial score (nSPS) is 10.8. The third kappa shape index (κ3) is 2.79. The van der Waals surface area contributed by atoms with E-state index in [9.17, 15) is 0 Å². The van der Waals surface area contributed by atoms with Gasteiger partial charge >= 0.3 is 29.6 Å². The first-order valence-corrected chi connectivity index (χ1v) is 8.22. The van der Waals surface area contributed by atoms with E-state index in [1.807, 2.05) is 36.4 Å². The van der Waals surface area contributed by atoms with Gasteiger partial charge in [0.2, 0.25) is 0 Å². The minimum Gasteiger partial charge on any atom is -0.229 e. The summed E-state index contributed by atoms with van der Waals surface area (Å²) in [4.78, 5) is 9.25. The molecule has 2 heterocycles. The monoisotopic (exact) mass is 323 g/mol. The SMILES string of the molecule is [Na+].c1ccc2sc(Sc3nc4ccccc4s3)nc2c1. The Morgan fingerprint density at radius 2 is 1.15 bits per heavy atom. The molecular weight excluding hydrogens is 315 g/mol. The number of thiazole rings is 2. The third-order valence-corrected chi connectivity index (χ3v) is 5.92. The Kier molecular flexibility index (Phi) is 4.45. The van der Waals surface area contributed by atoms with Gasteiger partial charge in [0.05, 0.1) is 20.4 Å². The Bertz CT molecular complexity index is 731. The molecule has 0 saturated carbocycles. The maximum absolute atomic E-state index is 4.63. The van der Waals surface area contributed by atoms with Crippen molar-refractivity contribution in [2.45, 2.75) is 8.68 Å². The average molecular weight is 323 g/mol. The van der Waals surface area contributed by atoms with Crippen molar-refractivity contribution in [3.05, 3.63) is 48.5 Å². The molecule has 0 radical (unpaired) electrons. The van der Waals surface area contributed by atoms with Crippen LogP contribution in [0.15, 0.2) is 57.2 Å². The zero-order chi connectivity index (χ0) is 12.7. The van der Waals surface area contributed by atoms with Gasteiger partial charge in [-0.3, -0.25) is 0 Å². The number of nitrogens with zero attached hydrogens (tertiary/aromatic N) is 2. The maximum Gasteiger partial charge on any atom is 1.00 e. The Labute approximate surface area is 150 Å². The number of hydrogen-bond acceptors (Lipinski definition) is 5. The van der Waals surface area contributed by atoms with Crippen LogP contribution in [-0.4, -0.2) is 9.97 Å². The van der Waals surface area contributed by atoms with Crippen LogP contribution in [0, 0.1) is 0 Å². The van der Waals surface area contributed by atoms with E-state index in [-0.39, 0.29) is 29.6 Å². The minimum absolute atomic E-state index is 0. The zero-order valence-corrected chi connectivity index (χ0v) is 15.2. The van der Waals surface area contributed by atoms with E-state index in [4.69, 9.17) is 0 Å². The smallest absolute Gasteiger partial charge is 0.229 e. The van der Waals surface area contributed by atoms with Crippen molar-refractivity contribution in [1.29, 1.82) is 0 Å². The molecule has 92 valence electrons. The Balaban J connectivity index is 0.00000121. The van der Waals surface area contributed by atoms with Crippen LogP contribution < -0.4 is 29.6 Å². The van der Waals surface area contributed by atoms with Gasteiger partial charge in [-0.2, -0.15) is 0 Å². The fourth-order valence-electron chi connectivity index (χ4n) is 1.86. The molecule has 0 amide bonds. The Morgan fingerprint density at radius 3 is 1.60 bits per heavy atom. The number of fused-ring (bicyclic) bond motifs is 2. The molecule has 2 aromatic heterocycles. The van der Waals surface area contributed by atoms with Crippen molar-refractivity contribution in [1.82, 2.24) is 9.97 Å². The third-order valence-electron chi connectivity index (χ3n) is 2.72. The Morgan fingerprint density at radius 1 is 0.700 bits per heavy atom. The summed E-state index contributed by atoms with van der Waals surface area (Å²) >= 11 is 5.09. The first-order valence-electron chi connectivity index (χ1n) is 5.77. The molecule has 2 nitrogen and oxygen atoms in total. The summed E-state index contributed by atoms with van der Waals surface area (Å²) in [6.07, 6.45) is 0. The van der Waals surface area contributed by atoms with Gasteiger partial charge in [0.25, 0.3) is 0 Å². The molecule has 0 spiro atoms. The van der Waals surface area contributed by atoms with Gasteiger partial charge in [-0.1, -0.05) is 24.3 Å². The van der Waals surface area contributed by atoms with Crippen LogP contribution in [0.2, 0.25) is 0 Å². The average Bonchev–Trinajstić information content (AvgIpc) is 3.00. The van der Waals surface area contributed by atoms with Crippen LogP contribution >= 0.6 is 34.4 Å². The van der Waals surface area contributed by atoms with E-state index in [0.717, 1.165) is 19.7 Å². The topological polar surface area (TPSA) is 25.8 Å². The summed E-state index contributed by atoms with van der Waals surface area (Å²) in [6, 6.07) is 16.5. The second-order valence-electron chi connectivity index (χ2n) is 4.00. The van der Waals surface area contributed by atoms with Gasteiger partial charge in [0.15, 0.2) is 8.68 Å². The Hall–Kier alpha value is -0.430. The van der Waals surface area contributed by atoms with Gasteiger partial charge in [0.1, 0.15) is 0 Å². The predicted molar refractivity (Wildman–Crippen MR) is 83.4 cm³/mol. The van der Waals surface area contributed by atoms with Gasteiger partial charge in [-0.05, 0) is 36.0 Å². The van der Waals surface area contributed by atoms with Crippen LogP contribution in [0.25, 0.3) is 20.4 Å². The number of para-hydroxylation sites is 2. The molecule has 2 aromatic carbocycles. The summed E-state index contributed by atoms with van der Waals surface area (Å²) in [5, 5.41) is 0. The zero-order valence-electron chi connectivity index (χ0n) is 10.7. The molecule has 0 aliphatic rings. The fraction of sp³-hybridized carbons (Fsp3) is 0. The summed E-state index contributed by atoms with van der Waals surface area (Å²) in [5.41, 5.74) is 2.13. The molecule has 4 aromatic rings. The first kappa shape index (κ1) is 14.5. The van der Waals surface area contributed by atoms with Crippen LogP contribution in [0.5, 0.6) is 0 Å². The quantitative estimate of drug-likeness (QED) is 0.528. The summed E-state index contributed by atoms with van der Waals surface area (Å²) < 4.78 is 4.57. The van der Waals surface area contributed by atoms with Gasteiger partial charge in [-0.15, -0.1) is 22.7 Å². The van der Waals surface area contributed by atoms with E-state index in [1.165, 1.54) is 9.40 Å². The summed E-state index contributed by atoms with van der Waals surface area (Å²) in [5.74, 6) is 0. The van der Waals surface area contributed by atoms with E-state index in [1.54, 1.807) is 34.4 Å². The van der Waals surface area contributed by atoms with Gasteiger partial charge in [0, 0.05) is 0 Å². The molecule has 0 N–H and O–H groups in total. The number of rotatable bonds is 2. The van der Waals surface area contributed by atoms with Crippen LogP contribution in [-0.2, 0) is 0 Å². The number of benzene rings is 2. The van der Waals surface area contributed by atoms with E-state index in [0.29, 0.717) is 0 Å².